The zero-order valence-corrected chi connectivity index (χ0v) is 16.0. The molecule has 2 aromatic carbocycles. The van der Waals surface area contributed by atoms with Gasteiger partial charge in [-0.3, -0.25) is 15.1 Å². The molecule has 0 aliphatic rings. The Bertz CT molecular complexity index is 1550. The number of rotatable bonds is 3. The first kappa shape index (κ1) is 17.4. The lowest BCUT2D eigenvalue weighted by molar-refractivity contribution is 0.628. The highest BCUT2D eigenvalue weighted by Gasteiger charge is 2.17. The summed E-state index contributed by atoms with van der Waals surface area (Å²) in [5.41, 5.74) is 6.60. The zero-order chi connectivity index (χ0) is 20.8. The van der Waals surface area contributed by atoms with Gasteiger partial charge in [0.2, 0.25) is 0 Å². The summed E-state index contributed by atoms with van der Waals surface area (Å²) >= 11 is 0. The number of pyridine rings is 1. The second-order valence-corrected chi connectivity index (χ2v) is 7.05. The van der Waals surface area contributed by atoms with Crippen molar-refractivity contribution in [2.24, 2.45) is 0 Å². The van der Waals surface area contributed by atoms with Crippen molar-refractivity contribution in [3.63, 3.8) is 0 Å². The minimum absolute atomic E-state index is 0.288. The highest BCUT2D eigenvalue weighted by Crippen LogP contribution is 2.31. The molecule has 0 amide bonds. The minimum atomic E-state index is -0.288. The van der Waals surface area contributed by atoms with Crippen LogP contribution in [0.1, 0.15) is 0 Å². The van der Waals surface area contributed by atoms with Gasteiger partial charge in [-0.15, -0.1) is 0 Å². The predicted molar refractivity (Wildman–Crippen MR) is 115 cm³/mol. The van der Waals surface area contributed by atoms with Crippen molar-refractivity contribution >= 4 is 22.1 Å². The molecule has 0 unspecified atom stereocenters. The van der Waals surface area contributed by atoms with E-state index in [1.165, 1.54) is 12.1 Å². The molecule has 4 aromatic heterocycles. The van der Waals surface area contributed by atoms with Crippen LogP contribution in [-0.2, 0) is 0 Å². The summed E-state index contributed by atoms with van der Waals surface area (Å²) in [6.45, 7) is 0. The molecule has 0 fully saturated rings. The summed E-state index contributed by atoms with van der Waals surface area (Å²) in [6.07, 6.45) is 4.92. The summed E-state index contributed by atoms with van der Waals surface area (Å²) in [5.74, 6) is 0.290. The number of hydrogen-bond acceptors (Lipinski definition) is 5. The van der Waals surface area contributed by atoms with E-state index in [4.69, 9.17) is 9.97 Å². The van der Waals surface area contributed by atoms with Crippen molar-refractivity contribution < 1.29 is 4.39 Å². The second-order valence-electron chi connectivity index (χ2n) is 7.05. The van der Waals surface area contributed by atoms with Gasteiger partial charge < -0.3 is 4.98 Å². The van der Waals surface area contributed by atoms with Crippen LogP contribution in [-0.4, -0.2) is 35.1 Å². The van der Waals surface area contributed by atoms with Crippen molar-refractivity contribution in [2.75, 3.05) is 0 Å². The number of fused-ring (bicyclic) bond motifs is 2. The maximum atomic E-state index is 13.8. The molecule has 7 nitrogen and oxygen atoms in total. The number of para-hydroxylation sites is 1. The molecule has 0 aliphatic carbocycles. The molecule has 6 aromatic rings. The first-order valence-corrected chi connectivity index (χ1v) is 9.63. The van der Waals surface area contributed by atoms with Crippen LogP contribution in [0.25, 0.3) is 56.1 Å². The van der Waals surface area contributed by atoms with Crippen LogP contribution in [0, 0.1) is 5.82 Å². The Morgan fingerprint density at radius 3 is 2.61 bits per heavy atom. The van der Waals surface area contributed by atoms with Crippen LogP contribution in [0.15, 0.2) is 73.2 Å². The monoisotopic (exact) mass is 407 g/mol. The van der Waals surface area contributed by atoms with Gasteiger partial charge >= 0.3 is 0 Å². The van der Waals surface area contributed by atoms with Gasteiger partial charge in [0.25, 0.3) is 0 Å². The Hall–Kier alpha value is -4.46. The number of imidazole rings is 1. The molecule has 0 saturated carbocycles. The largest absolute Gasteiger partial charge is 0.336 e. The van der Waals surface area contributed by atoms with Crippen LogP contribution < -0.4 is 0 Å². The van der Waals surface area contributed by atoms with Gasteiger partial charge in [-0.05, 0) is 35.9 Å². The summed E-state index contributed by atoms with van der Waals surface area (Å²) in [6, 6.07) is 16.0. The van der Waals surface area contributed by atoms with E-state index >= 15 is 0 Å². The molecule has 0 atom stereocenters. The first-order chi connectivity index (χ1) is 15.3. The van der Waals surface area contributed by atoms with Gasteiger partial charge in [-0.25, -0.2) is 14.4 Å². The third kappa shape index (κ3) is 2.93. The molecule has 0 radical (unpaired) electrons. The van der Waals surface area contributed by atoms with Crippen LogP contribution in [0.3, 0.4) is 0 Å². The Kier molecular flexibility index (Phi) is 3.82. The average molecular weight is 407 g/mol. The fraction of sp³-hybridized carbons (Fsp3) is 0. The van der Waals surface area contributed by atoms with E-state index in [0.717, 1.165) is 27.7 Å². The van der Waals surface area contributed by atoms with E-state index in [9.17, 15) is 4.39 Å². The van der Waals surface area contributed by atoms with Crippen LogP contribution in [0.4, 0.5) is 4.39 Å². The fourth-order valence-electron chi connectivity index (χ4n) is 3.67. The number of H-pyrrole nitrogens is 2. The number of halogens is 1. The number of aromatic nitrogens is 7. The molecule has 6 rings (SSSR count). The standard InChI is InChI=1S/C23H14FN7/c24-14-4-1-3-13(11-14)15-5-2-6-17-20(15)29-23(28-17)22-21-18(30-31-22)8-7-16(27-21)19-12-25-9-10-26-19/h1-12H,(H,28,29)(H,30,31). The summed E-state index contributed by atoms with van der Waals surface area (Å²) in [5, 5.41) is 7.44. The van der Waals surface area contributed by atoms with Gasteiger partial charge in [-0.2, -0.15) is 5.10 Å². The van der Waals surface area contributed by atoms with E-state index in [-0.39, 0.29) is 5.82 Å². The molecule has 0 bridgehead atoms. The van der Waals surface area contributed by atoms with E-state index < -0.39 is 0 Å². The lowest BCUT2D eigenvalue weighted by atomic mass is 10.0. The van der Waals surface area contributed by atoms with Gasteiger partial charge in [0.05, 0.1) is 28.4 Å². The lowest BCUT2D eigenvalue weighted by Crippen LogP contribution is -1.89. The van der Waals surface area contributed by atoms with Crippen LogP contribution >= 0.6 is 0 Å². The van der Waals surface area contributed by atoms with Crippen molar-refractivity contribution in [1.82, 2.24) is 35.1 Å². The fourth-order valence-corrected chi connectivity index (χ4v) is 3.67. The summed E-state index contributed by atoms with van der Waals surface area (Å²) in [7, 11) is 0. The maximum absolute atomic E-state index is 13.8. The Morgan fingerprint density at radius 1 is 0.806 bits per heavy atom. The number of benzene rings is 2. The van der Waals surface area contributed by atoms with Crippen LogP contribution in [0.2, 0.25) is 0 Å². The molecule has 0 saturated heterocycles. The highest BCUT2D eigenvalue weighted by molar-refractivity contribution is 5.96. The Morgan fingerprint density at radius 2 is 1.74 bits per heavy atom. The van der Waals surface area contributed by atoms with E-state index in [2.05, 4.69) is 25.1 Å². The lowest BCUT2D eigenvalue weighted by Gasteiger charge is -2.02. The van der Waals surface area contributed by atoms with Crippen molar-refractivity contribution in [2.45, 2.75) is 0 Å². The highest BCUT2D eigenvalue weighted by atomic mass is 19.1. The number of hydrogen-bond donors (Lipinski definition) is 2. The predicted octanol–water partition coefficient (Wildman–Crippen LogP) is 4.76. The topological polar surface area (TPSA) is 96.0 Å². The van der Waals surface area contributed by atoms with E-state index in [1.807, 2.05) is 36.4 Å². The third-order valence-electron chi connectivity index (χ3n) is 5.11. The van der Waals surface area contributed by atoms with Crippen molar-refractivity contribution in [3.8, 4) is 34.0 Å². The maximum Gasteiger partial charge on any atom is 0.161 e. The Balaban J connectivity index is 1.52. The van der Waals surface area contributed by atoms with Gasteiger partial charge in [-0.1, -0.05) is 24.3 Å². The number of nitrogens with zero attached hydrogens (tertiary/aromatic N) is 5. The third-order valence-corrected chi connectivity index (χ3v) is 5.11. The molecule has 0 aliphatic heterocycles. The quantitative estimate of drug-likeness (QED) is 0.441. The molecule has 0 spiro atoms. The smallest absolute Gasteiger partial charge is 0.161 e. The van der Waals surface area contributed by atoms with Gasteiger partial charge in [0, 0.05) is 18.0 Å². The van der Waals surface area contributed by atoms with E-state index in [1.54, 1.807) is 24.7 Å². The summed E-state index contributed by atoms with van der Waals surface area (Å²) in [4.78, 5) is 21.3. The average Bonchev–Trinajstić information content (AvgIpc) is 3.43. The molecule has 2 N–H and O–H groups in total. The SMILES string of the molecule is Fc1cccc(-c2cccc3[nH]c(-c4n[nH]c5ccc(-c6cnccn6)nc45)nc23)c1. The van der Waals surface area contributed by atoms with Gasteiger partial charge in [0.1, 0.15) is 17.0 Å². The molecule has 8 heteroatoms. The minimum Gasteiger partial charge on any atom is -0.336 e. The molecular weight excluding hydrogens is 393 g/mol. The summed E-state index contributed by atoms with van der Waals surface area (Å²) < 4.78 is 13.8. The van der Waals surface area contributed by atoms with Gasteiger partial charge in [0.15, 0.2) is 11.5 Å². The first-order valence-electron chi connectivity index (χ1n) is 9.63. The Labute approximate surface area is 175 Å². The number of nitrogens with one attached hydrogen (secondary N) is 2. The zero-order valence-electron chi connectivity index (χ0n) is 16.0. The second kappa shape index (κ2) is 6.81. The molecule has 31 heavy (non-hydrogen) atoms. The normalized spacial score (nSPS) is 11.4. The van der Waals surface area contributed by atoms with Crippen molar-refractivity contribution in [3.05, 3.63) is 79.0 Å². The van der Waals surface area contributed by atoms with Crippen molar-refractivity contribution in [1.29, 1.82) is 0 Å². The molecule has 4 heterocycles. The molecule has 148 valence electrons. The molecular formula is C23H14FN7. The number of aromatic amines is 2. The van der Waals surface area contributed by atoms with E-state index in [0.29, 0.717) is 28.4 Å². The van der Waals surface area contributed by atoms with Crippen LogP contribution in [0.5, 0.6) is 0 Å².